The standard InChI is InChI=1S/C13H14N2OS/c1-15(2)13-14-9-12(17-13)8-5-10-3-6-11(16)7-4-10/h3-9,16H,1-2H3/b8-5+. The van der Waals surface area contributed by atoms with Crippen molar-refractivity contribution in [1.82, 2.24) is 4.98 Å². The molecule has 1 heterocycles. The van der Waals surface area contributed by atoms with Crippen LogP contribution < -0.4 is 4.90 Å². The monoisotopic (exact) mass is 246 g/mol. The number of hydrogen-bond acceptors (Lipinski definition) is 4. The minimum Gasteiger partial charge on any atom is -0.508 e. The minimum atomic E-state index is 0.287. The maximum atomic E-state index is 9.17. The lowest BCUT2D eigenvalue weighted by molar-refractivity contribution is 0.475. The number of phenols is 1. The van der Waals surface area contributed by atoms with Gasteiger partial charge in [-0.05, 0) is 23.8 Å². The van der Waals surface area contributed by atoms with Crippen molar-refractivity contribution >= 4 is 28.6 Å². The fourth-order valence-corrected chi connectivity index (χ4v) is 2.06. The Morgan fingerprint density at radius 1 is 1.18 bits per heavy atom. The molecule has 0 unspecified atom stereocenters. The van der Waals surface area contributed by atoms with Crippen LogP contribution in [0.5, 0.6) is 5.75 Å². The van der Waals surface area contributed by atoms with Crippen molar-refractivity contribution in [1.29, 1.82) is 0 Å². The molecule has 4 heteroatoms. The summed E-state index contributed by atoms with van der Waals surface area (Å²) < 4.78 is 0. The average molecular weight is 246 g/mol. The predicted molar refractivity (Wildman–Crippen MR) is 73.5 cm³/mol. The third-order valence-corrected chi connectivity index (χ3v) is 3.36. The van der Waals surface area contributed by atoms with E-state index in [-0.39, 0.29) is 5.75 Å². The van der Waals surface area contributed by atoms with E-state index in [1.807, 2.05) is 49.5 Å². The zero-order valence-electron chi connectivity index (χ0n) is 9.79. The van der Waals surface area contributed by atoms with Crippen molar-refractivity contribution in [2.45, 2.75) is 0 Å². The molecule has 0 spiro atoms. The highest BCUT2D eigenvalue weighted by Gasteiger charge is 2.00. The van der Waals surface area contributed by atoms with Gasteiger partial charge < -0.3 is 10.0 Å². The third-order valence-electron chi connectivity index (χ3n) is 2.23. The molecule has 2 aromatic rings. The van der Waals surface area contributed by atoms with Crippen molar-refractivity contribution in [2.75, 3.05) is 19.0 Å². The first kappa shape index (κ1) is 11.7. The number of rotatable bonds is 3. The first-order valence-corrected chi connectivity index (χ1v) is 6.07. The second-order valence-electron chi connectivity index (χ2n) is 3.86. The Kier molecular flexibility index (Phi) is 3.44. The van der Waals surface area contributed by atoms with Gasteiger partial charge in [-0.3, -0.25) is 0 Å². The molecule has 3 nitrogen and oxygen atoms in total. The Hall–Kier alpha value is -1.81. The molecule has 0 bridgehead atoms. The number of anilines is 1. The van der Waals surface area contributed by atoms with E-state index >= 15 is 0 Å². The highest BCUT2D eigenvalue weighted by atomic mass is 32.1. The zero-order chi connectivity index (χ0) is 12.3. The van der Waals surface area contributed by atoms with E-state index in [1.54, 1.807) is 23.5 Å². The summed E-state index contributed by atoms with van der Waals surface area (Å²) in [7, 11) is 3.96. The van der Waals surface area contributed by atoms with Crippen LogP contribution in [0.4, 0.5) is 5.13 Å². The molecule has 88 valence electrons. The van der Waals surface area contributed by atoms with Gasteiger partial charge in [0.2, 0.25) is 0 Å². The molecule has 1 aromatic heterocycles. The molecule has 1 aromatic carbocycles. The van der Waals surface area contributed by atoms with Crippen LogP contribution in [0, 0.1) is 0 Å². The maximum absolute atomic E-state index is 9.17. The van der Waals surface area contributed by atoms with E-state index in [9.17, 15) is 0 Å². The molecule has 0 aliphatic carbocycles. The summed E-state index contributed by atoms with van der Waals surface area (Å²) in [5, 5.41) is 10.2. The van der Waals surface area contributed by atoms with Crippen molar-refractivity contribution in [3.05, 3.63) is 40.9 Å². The Balaban J connectivity index is 2.11. The van der Waals surface area contributed by atoms with Crippen LogP contribution in [0.15, 0.2) is 30.5 Å². The molecule has 1 N–H and O–H groups in total. The van der Waals surface area contributed by atoms with E-state index in [1.165, 1.54) is 0 Å². The van der Waals surface area contributed by atoms with Crippen LogP contribution >= 0.6 is 11.3 Å². The molecule has 17 heavy (non-hydrogen) atoms. The number of thiazole rings is 1. The summed E-state index contributed by atoms with van der Waals surface area (Å²) in [4.78, 5) is 7.40. The third kappa shape index (κ3) is 3.07. The van der Waals surface area contributed by atoms with Gasteiger partial charge >= 0.3 is 0 Å². The largest absolute Gasteiger partial charge is 0.508 e. The predicted octanol–water partition coefficient (Wildman–Crippen LogP) is 3.09. The number of aromatic nitrogens is 1. The number of nitrogens with zero attached hydrogens (tertiary/aromatic N) is 2. The summed E-state index contributed by atoms with van der Waals surface area (Å²) in [6.07, 6.45) is 5.89. The topological polar surface area (TPSA) is 36.4 Å². The molecule has 0 amide bonds. The van der Waals surface area contributed by atoms with Gasteiger partial charge in [0.1, 0.15) is 5.75 Å². The van der Waals surface area contributed by atoms with Gasteiger partial charge in [0.05, 0.1) is 0 Å². The number of benzene rings is 1. The molecular weight excluding hydrogens is 232 g/mol. The molecule has 0 fully saturated rings. The average Bonchev–Trinajstić information content (AvgIpc) is 2.77. The Labute approximate surface area is 105 Å². The molecule has 0 saturated carbocycles. The van der Waals surface area contributed by atoms with Gasteiger partial charge in [0.15, 0.2) is 5.13 Å². The lowest BCUT2D eigenvalue weighted by Crippen LogP contribution is -2.07. The highest BCUT2D eigenvalue weighted by Crippen LogP contribution is 2.22. The highest BCUT2D eigenvalue weighted by molar-refractivity contribution is 7.16. The van der Waals surface area contributed by atoms with Gasteiger partial charge in [0.25, 0.3) is 0 Å². The van der Waals surface area contributed by atoms with Gasteiger partial charge in [-0.1, -0.05) is 29.5 Å². The van der Waals surface area contributed by atoms with Gasteiger partial charge in [0, 0.05) is 25.2 Å². The number of phenolic OH excluding ortho intramolecular Hbond substituents is 1. The van der Waals surface area contributed by atoms with Crippen LogP contribution in [-0.4, -0.2) is 24.2 Å². The fourth-order valence-electron chi connectivity index (χ4n) is 1.32. The molecule has 0 atom stereocenters. The van der Waals surface area contributed by atoms with E-state index in [0.29, 0.717) is 0 Å². The molecular formula is C13H14N2OS. The Bertz CT molecular complexity index is 514. The number of aromatic hydroxyl groups is 1. The zero-order valence-corrected chi connectivity index (χ0v) is 10.6. The molecule has 2 rings (SSSR count). The lowest BCUT2D eigenvalue weighted by Gasteiger charge is -2.04. The van der Waals surface area contributed by atoms with Crippen molar-refractivity contribution in [2.24, 2.45) is 0 Å². The van der Waals surface area contributed by atoms with Crippen LogP contribution in [0.1, 0.15) is 10.4 Å². The fraction of sp³-hybridized carbons (Fsp3) is 0.154. The summed E-state index contributed by atoms with van der Waals surface area (Å²) in [5.74, 6) is 0.287. The Morgan fingerprint density at radius 3 is 2.47 bits per heavy atom. The molecule has 0 radical (unpaired) electrons. The second kappa shape index (κ2) is 5.01. The molecule has 0 aliphatic heterocycles. The smallest absolute Gasteiger partial charge is 0.185 e. The van der Waals surface area contributed by atoms with Gasteiger partial charge in [-0.2, -0.15) is 0 Å². The van der Waals surface area contributed by atoms with Gasteiger partial charge in [-0.15, -0.1) is 0 Å². The quantitative estimate of drug-likeness (QED) is 0.904. The second-order valence-corrected chi connectivity index (χ2v) is 4.91. The van der Waals surface area contributed by atoms with E-state index in [0.717, 1.165) is 15.6 Å². The number of hydrogen-bond donors (Lipinski definition) is 1. The van der Waals surface area contributed by atoms with Crippen LogP contribution in [0.25, 0.3) is 12.2 Å². The minimum absolute atomic E-state index is 0.287. The van der Waals surface area contributed by atoms with Gasteiger partial charge in [-0.25, -0.2) is 4.98 Å². The van der Waals surface area contributed by atoms with Crippen molar-refractivity contribution < 1.29 is 5.11 Å². The summed E-state index contributed by atoms with van der Waals surface area (Å²) in [5.41, 5.74) is 1.06. The summed E-state index contributed by atoms with van der Waals surface area (Å²) in [6, 6.07) is 7.11. The first-order valence-electron chi connectivity index (χ1n) is 5.25. The Morgan fingerprint density at radius 2 is 1.88 bits per heavy atom. The van der Waals surface area contributed by atoms with E-state index in [2.05, 4.69) is 4.98 Å². The van der Waals surface area contributed by atoms with Crippen molar-refractivity contribution in [3.63, 3.8) is 0 Å². The first-order chi connectivity index (χ1) is 8.15. The van der Waals surface area contributed by atoms with Crippen LogP contribution in [0.3, 0.4) is 0 Å². The summed E-state index contributed by atoms with van der Waals surface area (Å²) in [6.45, 7) is 0. The summed E-state index contributed by atoms with van der Waals surface area (Å²) >= 11 is 1.64. The van der Waals surface area contributed by atoms with E-state index in [4.69, 9.17) is 5.11 Å². The molecule has 0 saturated heterocycles. The SMILES string of the molecule is CN(C)c1ncc(/C=C/c2ccc(O)cc2)s1. The van der Waals surface area contributed by atoms with Crippen molar-refractivity contribution in [3.8, 4) is 5.75 Å². The van der Waals surface area contributed by atoms with Crippen LogP contribution in [-0.2, 0) is 0 Å². The maximum Gasteiger partial charge on any atom is 0.185 e. The van der Waals surface area contributed by atoms with Crippen LogP contribution in [0.2, 0.25) is 0 Å². The molecule has 0 aliphatic rings. The normalized spacial score (nSPS) is 10.9. The lowest BCUT2D eigenvalue weighted by atomic mass is 10.2. The van der Waals surface area contributed by atoms with E-state index < -0.39 is 0 Å².